The summed E-state index contributed by atoms with van der Waals surface area (Å²) in [6, 6.07) is 14.8. The van der Waals surface area contributed by atoms with E-state index in [0.29, 0.717) is 30.3 Å². The second kappa shape index (κ2) is 19.4. The molecular formula is C35H55O6PPdS2. The second-order valence-electron chi connectivity index (χ2n) is 13.5. The fourth-order valence-electron chi connectivity index (χ4n) is 6.59. The van der Waals surface area contributed by atoms with Crippen LogP contribution in [0.3, 0.4) is 0 Å². The van der Waals surface area contributed by atoms with Crippen molar-refractivity contribution in [3.05, 3.63) is 53.1 Å². The molecule has 2 aromatic carbocycles. The molecule has 0 unspecified atom stereocenters. The zero-order valence-corrected chi connectivity index (χ0v) is 32.5. The maximum atomic E-state index is 9.08. The van der Waals surface area contributed by atoms with Crippen LogP contribution in [0.2, 0.25) is 0 Å². The van der Waals surface area contributed by atoms with E-state index in [1.165, 1.54) is 69.8 Å². The first kappa shape index (κ1) is 42.4. The van der Waals surface area contributed by atoms with Crippen molar-refractivity contribution in [3.63, 3.8) is 0 Å². The standard InChI is InChI=1S/C33H49P.2CH4O3S.Pd/c1-23(2)26-21-30(24(3)4)33(31(22-26)25(5)6)29-19-13-14-20-32(29)34(27-15-9-7-10-16-27)28-17-11-8-12-18-28;2*1-5(2,3)4;/h13-14,19-25,27-28H,7-12,15-18H2,1-6H3;2*1H3,(H,2,3,4);/q;;;+2/p-2. The Labute approximate surface area is 289 Å². The fourth-order valence-corrected chi connectivity index (χ4v) is 10.5. The normalized spacial score (nSPS) is 16.6. The van der Waals surface area contributed by atoms with Crippen molar-refractivity contribution in [2.45, 2.75) is 135 Å². The summed E-state index contributed by atoms with van der Waals surface area (Å²) in [5.41, 5.74) is 9.71. The molecule has 258 valence electrons. The van der Waals surface area contributed by atoms with Crippen LogP contribution in [0.25, 0.3) is 11.1 Å². The van der Waals surface area contributed by atoms with Crippen LogP contribution in [0.4, 0.5) is 0 Å². The van der Waals surface area contributed by atoms with Crippen molar-refractivity contribution in [2.24, 2.45) is 0 Å². The molecule has 0 heterocycles. The molecule has 2 aromatic rings. The second-order valence-corrected chi connectivity index (χ2v) is 19.0. The molecule has 0 aromatic heterocycles. The quantitative estimate of drug-likeness (QED) is 0.158. The van der Waals surface area contributed by atoms with Gasteiger partial charge in [-0.25, -0.2) is 16.8 Å². The van der Waals surface area contributed by atoms with Gasteiger partial charge in [0.15, 0.2) is 0 Å². The van der Waals surface area contributed by atoms with Crippen molar-refractivity contribution < 1.29 is 46.4 Å². The first-order chi connectivity index (χ1) is 20.4. The third-order valence-electron chi connectivity index (χ3n) is 8.52. The van der Waals surface area contributed by atoms with Gasteiger partial charge in [0.2, 0.25) is 0 Å². The summed E-state index contributed by atoms with van der Waals surface area (Å²) < 4.78 is 54.5. The topological polar surface area (TPSA) is 114 Å². The van der Waals surface area contributed by atoms with Crippen LogP contribution in [0, 0.1) is 0 Å². The average Bonchev–Trinajstić information content (AvgIpc) is 2.92. The van der Waals surface area contributed by atoms with E-state index in [1.54, 1.807) is 27.6 Å². The Morgan fingerprint density at radius 1 is 0.644 bits per heavy atom. The molecule has 0 amide bonds. The van der Waals surface area contributed by atoms with E-state index in [2.05, 4.69) is 77.9 Å². The summed E-state index contributed by atoms with van der Waals surface area (Å²) in [5.74, 6) is 1.64. The van der Waals surface area contributed by atoms with Gasteiger partial charge in [0.25, 0.3) is 0 Å². The average molecular weight is 773 g/mol. The maximum Gasteiger partial charge on any atom is 2.00 e. The van der Waals surface area contributed by atoms with Crippen LogP contribution in [-0.4, -0.2) is 49.8 Å². The van der Waals surface area contributed by atoms with Crippen molar-refractivity contribution >= 4 is 33.5 Å². The smallest absolute Gasteiger partial charge is 0.748 e. The maximum absolute atomic E-state index is 9.08. The van der Waals surface area contributed by atoms with Crippen molar-refractivity contribution in [1.82, 2.24) is 0 Å². The molecular weight excluding hydrogens is 718 g/mol. The molecule has 0 N–H and O–H groups in total. The Kier molecular flexibility index (Phi) is 18.2. The number of hydrogen-bond donors (Lipinski definition) is 0. The van der Waals surface area contributed by atoms with Crippen LogP contribution in [0.1, 0.15) is 140 Å². The molecule has 0 radical (unpaired) electrons. The minimum Gasteiger partial charge on any atom is -0.748 e. The van der Waals surface area contributed by atoms with Gasteiger partial charge in [-0.1, -0.05) is 124 Å². The van der Waals surface area contributed by atoms with Gasteiger partial charge in [-0.3, -0.25) is 0 Å². The van der Waals surface area contributed by atoms with E-state index in [0.717, 1.165) is 11.3 Å². The van der Waals surface area contributed by atoms with Crippen LogP contribution >= 0.6 is 7.92 Å². The summed E-state index contributed by atoms with van der Waals surface area (Å²) in [7, 11) is -7.95. The fraction of sp³-hybridized carbons (Fsp3) is 0.657. The number of rotatable bonds is 7. The van der Waals surface area contributed by atoms with Gasteiger partial charge in [-0.05, 0) is 87.9 Å². The number of benzene rings is 2. The minimum absolute atomic E-state index is 0. The summed E-state index contributed by atoms with van der Waals surface area (Å²) in [5, 5.41) is 1.75. The summed E-state index contributed by atoms with van der Waals surface area (Å²) in [6.07, 6.45) is 15.8. The molecule has 2 aliphatic carbocycles. The molecule has 0 saturated heterocycles. The Morgan fingerprint density at radius 2 is 1.00 bits per heavy atom. The monoisotopic (exact) mass is 772 g/mol. The third-order valence-corrected chi connectivity index (χ3v) is 12.1. The summed E-state index contributed by atoms with van der Waals surface area (Å²) in [6.45, 7) is 14.3. The molecule has 2 aliphatic rings. The molecule has 0 bridgehead atoms. The van der Waals surface area contributed by atoms with Crippen molar-refractivity contribution in [2.75, 3.05) is 12.5 Å². The van der Waals surface area contributed by atoms with E-state index < -0.39 is 20.2 Å². The third kappa shape index (κ3) is 15.0. The molecule has 2 saturated carbocycles. The van der Waals surface area contributed by atoms with Crippen molar-refractivity contribution in [3.8, 4) is 11.1 Å². The van der Waals surface area contributed by atoms with Crippen LogP contribution in [0.15, 0.2) is 36.4 Å². The van der Waals surface area contributed by atoms with E-state index in [1.807, 2.05) is 0 Å². The molecule has 4 rings (SSSR count). The van der Waals surface area contributed by atoms with Crippen LogP contribution in [0.5, 0.6) is 0 Å². The Hall–Kier alpha value is -0.648. The zero-order chi connectivity index (χ0) is 33.2. The van der Waals surface area contributed by atoms with E-state index in [4.69, 9.17) is 25.9 Å². The first-order valence-electron chi connectivity index (χ1n) is 16.3. The van der Waals surface area contributed by atoms with Crippen molar-refractivity contribution in [1.29, 1.82) is 0 Å². The minimum atomic E-state index is -3.92. The Balaban J connectivity index is 0.000000802. The van der Waals surface area contributed by atoms with Gasteiger partial charge >= 0.3 is 20.4 Å². The summed E-state index contributed by atoms with van der Waals surface area (Å²) in [4.78, 5) is 0. The zero-order valence-electron chi connectivity index (χ0n) is 28.5. The van der Waals surface area contributed by atoms with E-state index in [9.17, 15) is 0 Å². The van der Waals surface area contributed by atoms with Gasteiger partial charge in [-0.15, -0.1) is 0 Å². The van der Waals surface area contributed by atoms with E-state index in [-0.39, 0.29) is 28.3 Å². The molecule has 0 spiro atoms. The largest absolute Gasteiger partial charge is 2.00 e. The Morgan fingerprint density at radius 3 is 1.33 bits per heavy atom. The van der Waals surface area contributed by atoms with Gasteiger partial charge in [-0.2, -0.15) is 0 Å². The van der Waals surface area contributed by atoms with Gasteiger partial charge in [0, 0.05) is 12.5 Å². The predicted octanol–water partition coefficient (Wildman–Crippen LogP) is 8.82. The molecule has 0 atom stereocenters. The molecule has 0 aliphatic heterocycles. The molecule has 10 heteroatoms. The van der Waals surface area contributed by atoms with Gasteiger partial charge in [0.05, 0.1) is 20.2 Å². The predicted molar refractivity (Wildman–Crippen MR) is 186 cm³/mol. The van der Waals surface area contributed by atoms with E-state index >= 15 is 0 Å². The summed E-state index contributed by atoms with van der Waals surface area (Å²) >= 11 is 0. The molecule has 45 heavy (non-hydrogen) atoms. The molecule has 6 nitrogen and oxygen atoms in total. The first-order valence-corrected chi connectivity index (χ1v) is 21.4. The van der Waals surface area contributed by atoms with Crippen LogP contribution in [-0.2, 0) is 40.7 Å². The van der Waals surface area contributed by atoms with Gasteiger partial charge < -0.3 is 9.11 Å². The SMILES string of the molecule is CC(C)c1cc(C(C)C)c(-c2ccccc2P(C2CCCCC2)C2CCCCC2)c(C(C)C)c1.CS(=O)(=O)[O-].CS(=O)(=O)[O-].[Pd+2]. The van der Waals surface area contributed by atoms with Gasteiger partial charge in [0.1, 0.15) is 0 Å². The van der Waals surface area contributed by atoms with Crippen LogP contribution < -0.4 is 5.30 Å². The molecule has 2 fully saturated rings. The number of hydrogen-bond acceptors (Lipinski definition) is 6. The Bertz CT molecular complexity index is 1300.